The number of carbonyl (C=O) groups is 5. The van der Waals surface area contributed by atoms with E-state index >= 15 is 0 Å². The number of hydrogen-bond donors (Lipinski definition) is 2. The van der Waals surface area contributed by atoms with Crippen LogP contribution in [0.15, 0.2) is 42.0 Å². The van der Waals surface area contributed by atoms with Gasteiger partial charge in [-0.3, -0.25) is 14.4 Å². The summed E-state index contributed by atoms with van der Waals surface area (Å²) < 4.78 is 66.5. The molecule has 3 aliphatic rings. The minimum atomic E-state index is -4.68. The number of aliphatic hydroxyl groups excluding tert-OH is 1. The van der Waals surface area contributed by atoms with Gasteiger partial charge in [-0.15, -0.1) is 0 Å². The van der Waals surface area contributed by atoms with E-state index in [2.05, 4.69) is 23.9 Å². The SMILES string of the molecule is CCCCCC1(CCCCC)O[C@@H]2[C@@H](C=C(C(=O)N3CCC[C@@H]3C(=O)N[C@H](CO)CCC(=O)OC(C)(C)C)C[C@H]2OC(=O)c2cccc(C=CC(=O)OCC(F)(F)F)c2)O1. The number of nitrogens with one attached hydrogen (secondary N) is 1. The first kappa shape index (κ1) is 48.4. The van der Waals surface area contributed by atoms with Gasteiger partial charge in [0.05, 0.1) is 18.2 Å². The molecule has 13 nitrogen and oxygen atoms in total. The number of likely N-dealkylation sites (tertiary alicyclic amines) is 1. The van der Waals surface area contributed by atoms with Gasteiger partial charge in [0, 0.05) is 43.9 Å². The van der Waals surface area contributed by atoms with Gasteiger partial charge in [0.2, 0.25) is 11.8 Å². The van der Waals surface area contributed by atoms with Crippen molar-refractivity contribution in [1.82, 2.24) is 10.2 Å². The van der Waals surface area contributed by atoms with Crippen molar-refractivity contribution < 1.29 is 65.9 Å². The fourth-order valence-corrected chi connectivity index (χ4v) is 7.59. The second-order valence-corrected chi connectivity index (χ2v) is 16.7. The van der Waals surface area contributed by atoms with Gasteiger partial charge in [-0.1, -0.05) is 51.7 Å². The van der Waals surface area contributed by atoms with E-state index in [-0.39, 0.29) is 36.9 Å². The maximum atomic E-state index is 14.4. The van der Waals surface area contributed by atoms with Crippen LogP contribution in [-0.2, 0) is 42.9 Å². The average Bonchev–Trinajstić information content (AvgIpc) is 3.83. The Morgan fingerprint density at radius 3 is 2.37 bits per heavy atom. The van der Waals surface area contributed by atoms with Crippen LogP contribution in [0.4, 0.5) is 13.2 Å². The highest BCUT2D eigenvalue weighted by Crippen LogP contribution is 2.43. The molecule has 1 aromatic rings. The fraction of sp³-hybridized carbons (Fsp3) is 0.659. The topological polar surface area (TPSA) is 167 Å². The Morgan fingerprint density at radius 1 is 1.03 bits per heavy atom. The Labute approximate surface area is 350 Å². The summed E-state index contributed by atoms with van der Waals surface area (Å²) in [6.45, 7) is 7.57. The van der Waals surface area contributed by atoms with Crippen molar-refractivity contribution in [2.45, 2.75) is 166 Å². The molecule has 0 radical (unpaired) electrons. The number of fused-ring (bicyclic) bond motifs is 1. The van der Waals surface area contributed by atoms with E-state index in [0.29, 0.717) is 31.2 Å². The third-order valence-corrected chi connectivity index (χ3v) is 10.4. The average molecular weight is 851 g/mol. The molecule has 2 amide bonds. The summed E-state index contributed by atoms with van der Waals surface area (Å²) in [5.74, 6) is -4.29. The number of halogens is 3. The molecule has 0 unspecified atom stereocenters. The van der Waals surface area contributed by atoms with Crippen LogP contribution >= 0.6 is 0 Å². The molecule has 1 aromatic carbocycles. The van der Waals surface area contributed by atoms with Crippen LogP contribution in [-0.4, -0.2) is 107 Å². The molecule has 60 heavy (non-hydrogen) atoms. The third kappa shape index (κ3) is 14.7. The van der Waals surface area contributed by atoms with Crippen molar-refractivity contribution in [2.75, 3.05) is 19.8 Å². The minimum absolute atomic E-state index is 0.0208. The number of unbranched alkanes of at least 4 members (excludes halogenated alkanes) is 4. The zero-order valence-electron chi connectivity index (χ0n) is 35.4. The number of esters is 3. The summed E-state index contributed by atoms with van der Waals surface area (Å²) in [5, 5.41) is 12.8. The van der Waals surface area contributed by atoms with E-state index in [4.69, 9.17) is 18.9 Å². The van der Waals surface area contributed by atoms with Crippen LogP contribution in [0, 0.1) is 0 Å². The van der Waals surface area contributed by atoms with Crippen LogP contribution in [0.2, 0.25) is 0 Å². The molecule has 1 aliphatic carbocycles. The van der Waals surface area contributed by atoms with E-state index in [9.17, 15) is 42.3 Å². The van der Waals surface area contributed by atoms with E-state index < -0.39 is 90.9 Å². The molecule has 2 saturated heterocycles. The molecule has 2 fully saturated rings. The van der Waals surface area contributed by atoms with Crippen LogP contribution in [0.1, 0.15) is 134 Å². The van der Waals surface area contributed by atoms with Gasteiger partial charge in [0.1, 0.15) is 30.0 Å². The van der Waals surface area contributed by atoms with Crippen molar-refractivity contribution >= 4 is 35.8 Å². The lowest BCUT2D eigenvalue weighted by Crippen LogP contribution is -2.51. The predicted molar refractivity (Wildman–Crippen MR) is 214 cm³/mol. The first-order valence-electron chi connectivity index (χ1n) is 21.1. The molecule has 0 aromatic heterocycles. The fourth-order valence-electron chi connectivity index (χ4n) is 7.59. The van der Waals surface area contributed by atoms with Crippen LogP contribution in [0.5, 0.6) is 0 Å². The lowest BCUT2D eigenvalue weighted by atomic mass is 9.91. The quantitative estimate of drug-likeness (QED) is 0.0607. The molecular weight excluding hydrogens is 789 g/mol. The van der Waals surface area contributed by atoms with E-state index in [1.807, 2.05) is 0 Å². The molecule has 0 saturated carbocycles. The number of aliphatic hydroxyl groups is 1. The molecule has 2 N–H and O–H groups in total. The number of alkyl halides is 3. The molecule has 5 atom stereocenters. The van der Waals surface area contributed by atoms with Gasteiger partial charge in [0.25, 0.3) is 0 Å². The second-order valence-electron chi connectivity index (χ2n) is 16.7. The van der Waals surface area contributed by atoms with Crippen molar-refractivity contribution in [3.8, 4) is 0 Å². The smallest absolute Gasteiger partial charge is 0.422 e. The van der Waals surface area contributed by atoms with Gasteiger partial charge in [0.15, 0.2) is 12.4 Å². The number of amides is 2. The summed E-state index contributed by atoms with van der Waals surface area (Å²) in [6, 6.07) is 4.37. The molecular formula is C44H61F3N2O11. The summed E-state index contributed by atoms with van der Waals surface area (Å²) in [7, 11) is 0. The zero-order chi connectivity index (χ0) is 44.1. The van der Waals surface area contributed by atoms with Crippen molar-refractivity contribution in [2.24, 2.45) is 0 Å². The highest BCUT2D eigenvalue weighted by Gasteiger charge is 2.53. The maximum absolute atomic E-state index is 14.4. The predicted octanol–water partition coefficient (Wildman–Crippen LogP) is 6.89. The van der Waals surface area contributed by atoms with Gasteiger partial charge in [-0.05, 0) is 82.7 Å². The molecule has 334 valence electrons. The Morgan fingerprint density at radius 2 is 1.73 bits per heavy atom. The molecule has 2 heterocycles. The Kier molecular flexibility index (Phi) is 17.7. The van der Waals surface area contributed by atoms with Crippen LogP contribution in [0.25, 0.3) is 6.08 Å². The summed E-state index contributed by atoms with van der Waals surface area (Å²) in [5.41, 5.74) is 0.00848. The van der Waals surface area contributed by atoms with Gasteiger partial charge < -0.3 is 39.0 Å². The van der Waals surface area contributed by atoms with Crippen LogP contribution < -0.4 is 5.32 Å². The number of hydrogen-bond acceptors (Lipinski definition) is 11. The Hall–Kier alpha value is -4.28. The van der Waals surface area contributed by atoms with E-state index in [1.165, 1.54) is 29.2 Å². The lowest BCUT2D eigenvalue weighted by Gasteiger charge is -2.33. The van der Waals surface area contributed by atoms with Crippen molar-refractivity contribution in [3.63, 3.8) is 0 Å². The van der Waals surface area contributed by atoms with E-state index in [0.717, 1.165) is 44.6 Å². The molecule has 2 aliphatic heterocycles. The molecule has 4 rings (SSSR count). The van der Waals surface area contributed by atoms with E-state index in [1.54, 1.807) is 32.9 Å². The minimum Gasteiger partial charge on any atom is -0.460 e. The molecule has 16 heteroatoms. The standard InChI is InChI=1S/C44H61F3N2O11/c1-6-8-10-21-43(22-11-9-7-2)58-35-26-31(40(54)49-23-13-16-33(49)39(53)48-32(27-50)18-20-37(52)59-42(3,4)5)25-34(38(35)60-43)57-41(55)30-15-12-14-29(24-30)17-19-36(51)56-28-44(45,46)47/h12,14-15,17,19,24,26,32-35,38,50H,6-11,13,16,18,20-23,25,27-28H2,1-5H3,(H,48,53)/t32-,33+,34+,35+,38-/m0/s1. The maximum Gasteiger partial charge on any atom is 0.422 e. The van der Waals surface area contributed by atoms with Gasteiger partial charge in [-0.2, -0.15) is 13.2 Å². The van der Waals surface area contributed by atoms with Crippen LogP contribution in [0.3, 0.4) is 0 Å². The first-order valence-corrected chi connectivity index (χ1v) is 21.1. The summed E-state index contributed by atoms with van der Waals surface area (Å²) in [4.78, 5) is 67.4. The first-order chi connectivity index (χ1) is 28.4. The van der Waals surface area contributed by atoms with Gasteiger partial charge in [-0.25, -0.2) is 9.59 Å². The number of benzene rings is 1. The molecule has 0 bridgehead atoms. The monoisotopic (exact) mass is 850 g/mol. The Balaban J connectivity index is 1.55. The normalized spacial score (nSPS) is 21.9. The van der Waals surface area contributed by atoms with Crippen molar-refractivity contribution in [1.29, 1.82) is 0 Å². The molecule has 0 spiro atoms. The number of rotatable bonds is 20. The highest BCUT2D eigenvalue weighted by atomic mass is 19.4. The summed E-state index contributed by atoms with van der Waals surface area (Å²) in [6.07, 6.45) is 4.33. The number of nitrogens with zero attached hydrogens (tertiary/aromatic N) is 1. The number of ether oxygens (including phenoxy) is 5. The number of carbonyl (C=O) groups excluding carboxylic acids is 5. The third-order valence-electron chi connectivity index (χ3n) is 10.4. The lowest BCUT2D eigenvalue weighted by molar-refractivity contribution is -0.190. The zero-order valence-corrected chi connectivity index (χ0v) is 35.4. The second kappa shape index (κ2) is 22.0. The van der Waals surface area contributed by atoms with Crippen molar-refractivity contribution in [3.05, 3.63) is 53.1 Å². The Bertz CT molecular complexity index is 1700. The van der Waals surface area contributed by atoms with Gasteiger partial charge >= 0.3 is 24.1 Å². The summed E-state index contributed by atoms with van der Waals surface area (Å²) >= 11 is 0. The largest absolute Gasteiger partial charge is 0.460 e. The highest BCUT2D eigenvalue weighted by molar-refractivity contribution is 5.98.